The van der Waals surface area contributed by atoms with Crippen LogP contribution in [0.3, 0.4) is 0 Å². The number of aromatic nitrogens is 1. The highest BCUT2D eigenvalue weighted by Gasteiger charge is 2.10. The Bertz CT molecular complexity index is 563. The first kappa shape index (κ1) is 11.3. The standard InChI is InChI=1S/C16H17NO/c1-18-16-11-15(8-9-17-16)14-7-6-12-4-2-3-5-13(12)10-14/h6-11H,2-5H2,1H3. The molecule has 2 aromatic rings. The molecule has 0 saturated carbocycles. The van der Waals surface area contributed by atoms with E-state index in [2.05, 4.69) is 23.2 Å². The molecule has 0 bridgehead atoms. The quantitative estimate of drug-likeness (QED) is 0.798. The van der Waals surface area contributed by atoms with Gasteiger partial charge >= 0.3 is 0 Å². The molecule has 2 heteroatoms. The fourth-order valence-electron chi connectivity index (χ4n) is 2.61. The second-order valence-electron chi connectivity index (χ2n) is 4.78. The topological polar surface area (TPSA) is 22.1 Å². The van der Waals surface area contributed by atoms with Crippen LogP contribution in [0.4, 0.5) is 0 Å². The van der Waals surface area contributed by atoms with Gasteiger partial charge < -0.3 is 4.74 Å². The molecule has 1 aliphatic carbocycles. The van der Waals surface area contributed by atoms with Crippen molar-refractivity contribution in [2.45, 2.75) is 25.7 Å². The van der Waals surface area contributed by atoms with Crippen LogP contribution < -0.4 is 4.74 Å². The highest BCUT2D eigenvalue weighted by Crippen LogP contribution is 2.28. The van der Waals surface area contributed by atoms with Crippen LogP contribution in [-0.2, 0) is 12.8 Å². The lowest BCUT2D eigenvalue weighted by molar-refractivity contribution is 0.398. The van der Waals surface area contributed by atoms with Gasteiger partial charge in [0.2, 0.25) is 5.88 Å². The first-order valence-corrected chi connectivity index (χ1v) is 6.49. The van der Waals surface area contributed by atoms with Crippen LogP contribution in [0.1, 0.15) is 24.0 Å². The number of benzene rings is 1. The molecule has 0 amide bonds. The summed E-state index contributed by atoms with van der Waals surface area (Å²) in [5.74, 6) is 0.672. The zero-order valence-electron chi connectivity index (χ0n) is 10.6. The molecule has 1 aliphatic rings. The smallest absolute Gasteiger partial charge is 0.213 e. The predicted molar refractivity (Wildman–Crippen MR) is 72.9 cm³/mol. The Labute approximate surface area is 108 Å². The second kappa shape index (κ2) is 4.81. The number of hydrogen-bond donors (Lipinski definition) is 0. The highest BCUT2D eigenvalue weighted by molar-refractivity contribution is 5.65. The highest BCUT2D eigenvalue weighted by atomic mass is 16.5. The number of ether oxygens (including phenoxy) is 1. The molecule has 1 aromatic heterocycles. The van der Waals surface area contributed by atoms with Crippen molar-refractivity contribution < 1.29 is 4.74 Å². The van der Waals surface area contributed by atoms with Gasteiger partial charge in [0.15, 0.2) is 0 Å². The maximum Gasteiger partial charge on any atom is 0.213 e. The number of aryl methyl sites for hydroxylation is 2. The van der Waals surface area contributed by atoms with E-state index in [1.165, 1.54) is 47.9 Å². The van der Waals surface area contributed by atoms with E-state index in [1.54, 1.807) is 13.3 Å². The van der Waals surface area contributed by atoms with Gasteiger partial charge in [0.1, 0.15) is 0 Å². The van der Waals surface area contributed by atoms with Crippen LogP contribution in [0, 0.1) is 0 Å². The molecule has 18 heavy (non-hydrogen) atoms. The van der Waals surface area contributed by atoms with E-state index in [4.69, 9.17) is 4.74 Å². The lowest BCUT2D eigenvalue weighted by Gasteiger charge is -2.16. The van der Waals surface area contributed by atoms with Crippen molar-refractivity contribution in [3.8, 4) is 17.0 Å². The molecule has 0 aliphatic heterocycles. The van der Waals surface area contributed by atoms with Crippen molar-refractivity contribution in [3.05, 3.63) is 47.7 Å². The van der Waals surface area contributed by atoms with Crippen molar-refractivity contribution in [3.63, 3.8) is 0 Å². The molecule has 1 heterocycles. The average Bonchev–Trinajstić information content (AvgIpc) is 2.47. The average molecular weight is 239 g/mol. The number of hydrogen-bond acceptors (Lipinski definition) is 2. The van der Waals surface area contributed by atoms with Gasteiger partial charge in [-0.25, -0.2) is 4.98 Å². The summed E-state index contributed by atoms with van der Waals surface area (Å²) in [4.78, 5) is 4.15. The van der Waals surface area contributed by atoms with Gasteiger partial charge in [0, 0.05) is 12.3 Å². The third-order valence-corrected chi connectivity index (χ3v) is 3.63. The van der Waals surface area contributed by atoms with Gasteiger partial charge in [-0.15, -0.1) is 0 Å². The third-order valence-electron chi connectivity index (χ3n) is 3.63. The SMILES string of the molecule is COc1cc(-c2ccc3c(c2)CCCC3)ccn1. The molecule has 0 radical (unpaired) electrons. The molecular formula is C16H17NO. The first-order valence-electron chi connectivity index (χ1n) is 6.49. The zero-order chi connectivity index (χ0) is 12.4. The summed E-state index contributed by atoms with van der Waals surface area (Å²) in [5, 5.41) is 0. The summed E-state index contributed by atoms with van der Waals surface area (Å²) in [6, 6.07) is 10.8. The van der Waals surface area contributed by atoms with Crippen molar-refractivity contribution in [2.75, 3.05) is 7.11 Å². The number of nitrogens with zero attached hydrogens (tertiary/aromatic N) is 1. The molecule has 0 spiro atoms. The molecule has 3 rings (SSSR count). The van der Waals surface area contributed by atoms with Crippen molar-refractivity contribution in [1.29, 1.82) is 0 Å². The number of pyridine rings is 1. The Hall–Kier alpha value is -1.83. The molecule has 0 saturated heterocycles. The van der Waals surface area contributed by atoms with Gasteiger partial charge in [-0.2, -0.15) is 0 Å². The molecule has 1 aromatic carbocycles. The van der Waals surface area contributed by atoms with Crippen LogP contribution in [0.5, 0.6) is 5.88 Å². The van der Waals surface area contributed by atoms with Crippen molar-refractivity contribution in [1.82, 2.24) is 4.98 Å². The van der Waals surface area contributed by atoms with E-state index in [1.807, 2.05) is 12.1 Å². The maximum absolute atomic E-state index is 5.18. The normalized spacial score (nSPS) is 14.1. The number of fused-ring (bicyclic) bond motifs is 1. The van der Waals surface area contributed by atoms with Crippen LogP contribution in [0.2, 0.25) is 0 Å². The summed E-state index contributed by atoms with van der Waals surface area (Å²) in [5.41, 5.74) is 5.46. The van der Waals surface area contributed by atoms with E-state index in [0.29, 0.717) is 5.88 Å². The molecule has 0 N–H and O–H groups in total. The lowest BCUT2D eigenvalue weighted by Crippen LogP contribution is -2.02. The summed E-state index contributed by atoms with van der Waals surface area (Å²) < 4.78 is 5.18. The van der Waals surface area contributed by atoms with Gasteiger partial charge in [0.05, 0.1) is 7.11 Å². The van der Waals surface area contributed by atoms with Crippen LogP contribution in [0.15, 0.2) is 36.5 Å². The minimum Gasteiger partial charge on any atom is -0.481 e. The minimum absolute atomic E-state index is 0.672. The van der Waals surface area contributed by atoms with E-state index in [9.17, 15) is 0 Å². The maximum atomic E-state index is 5.18. The van der Waals surface area contributed by atoms with Crippen molar-refractivity contribution >= 4 is 0 Å². The summed E-state index contributed by atoms with van der Waals surface area (Å²) in [7, 11) is 1.65. The Kier molecular flexibility index (Phi) is 3.01. The Morgan fingerprint density at radius 3 is 2.56 bits per heavy atom. The van der Waals surface area contributed by atoms with E-state index >= 15 is 0 Å². The third kappa shape index (κ3) is 2.10. The molecule has 2 nitrogen and oxygen atoms in total. The van der Waals surface area contributed by atoms with Crippen LogP contribution >= 0.6 is 0 Å². The fourth-order valence-corrected chi connectivity index (χ4v) is 2.61. The Balaban J connectivity index is 2.00. The minimum atomic E-state index is 0.672. The van der Waals surface area contributed by atoms with Crippen molar-refractivity contribution in [2.24, 2.45) is 0 Å². The van der Waals surface area contributed by atoms with Gasteiger partial charge in [-0.05, 0) is 54.0 Å². The summed E-state index contributed by atoms with van der Waals surface area (Å²) in [6.07, 6.45) is 6.89. The number of rotatable bonds is 2. The van der Waals surface area contributed by atoms with Gasteiger partial charge in [0.25, 0.3) is 0 Å². The largest absolute Gasteiger partial charge is 0.481 e. The summed E-state index contributed by atoms with van der Waals surface area (Å²) in [6.45, 7) is 0. The molecule has 0 fully saturated rings. The summed E-state index contributed by atoms with van der Waals surface area (Å²) >= 11 is 0. The Morgan fingerprint density at radius 2 is 1.72 bits per heavy atom. The van der Waals surface area contributed by atoms with E-state index in [-0.39, 0.29) is 0 Å². The molecule has 0 unspecified atom stereocenters. The van der Waals surface area contributed by atoms with E-state index in [0.717, 1.165) is 0 Å². The predicted octanol–water partition coefficient (Wildman–Crippen LogP) is 3.64. The van der Waals surface area contributed by atoms with Crippen LogP contribution in [-0.4, -0.2) is 12.1 Å². The van der Waals surface area contributed by atoms with Crippen LogP contribution in [0.25, 0.3) is 11.1 Å². The zero-order valence-corrected chi connectivity index (χ0v) is 10.6. The van der Waals surface area contributed by atoms with Gasteiger partial charge in [-0.3, -0.25) is 0 Å². The second-order valence-corrected chi connectivity index (χ2v) is 4.78. The number of methoxy groups -OCH3 is 1. The van der Waals surface area contributed by atoms with E-state index < -0.39 is 0 Å². The van der Waals surface area contributed by atoms with Gasteiger partial charge in [-0.1, -0.05) is 18.2 Å². The Morgan fingerprint density at radius 1 is 0.944 bits per heavy atom. The molecule has 0 atom stereocenters. The monoisotopic (exact) mass is 239 g/mol. The first-order chi connectivity index (χ1) is 8.86. The molecular weight excluding hydrogens is 222 g/mol. The fraction of sp³-hybridized carbons (Fsp3) is 0.312. The lowest BCUT2D eigenvalue weighted by atomic mass is 9.89. The molecule has 92 valence electrons.